The summed E-state index contributed by atoms with van der Waals surface area (Å²) >= 11 is 0. The van der Waals surface area contributed by atoms with Crippen LogP contribution in [0.15, 0.2) is 24.3 Å². The molecule has 0 aromatic heterocycles. The maximum atomic E-state index is 12.7. The van der Waals surface area contributed by atoms with Gasteiger partial charge in [0.15, 0.2) is 0 Å². The third kappa shape index (κ3) is 3.82. The number of carbonyl (C=O) groups is 1. The van der Waals surface area contributed by atoms with Crippen LogP contribution in [0.5, 0.6) is 0 Å². The van der Waals surface area contributed by atoms with Gasteiger partial charge in [0.25, 0.3) is 5.91 Å². The molecule has 0 saturated carbocycles. The first-order valence-electron chi connectivity index (χ1n) is 5.77. The Morgan fingerprint density at radius 3 is 2.29 bits per heavy atom. The van der Waals surface area contributed by atoms with Crippen LogP contribution in [0.25, 0.3) is 0 Å². The normalized spacial score (nSPS) is 11.3. The molecule has 0 unspecified atom stereocenters. The molecule has 2 N–H and O–H groups in total. The van der Waals surface area contributed by atoms with E-state index in [0.29, 0.717) is 18.4 Å². The van der Waals surface area contributed by atoms with E-state index in [1.807, 2.05) is 13.8 Å². The van der Waals surface area contributed by atoms with Gasteiger partial charge in [-0.2, -0.15) is 0 Å². The minimum absolute atomic E-state index is 0.205. The van der Waals surface area contributed by atoms with Crippen LogP contribution >= 0.6 is 0 Å². The van der Waals surface area contributed by atoms with Gasteiger partial charge in [-0.3, -0.25) is 4.79 Å². The van der Waals surface area contributed by atoms with E-state index in [4.69, 9.17) is 0 Å². The molecule has 3 nitrogen and oxygen atoms in total. The number of hydrogen-bond acceptors (Lipinski definition) is 2. The predicted octanol–water partition coefficient (Wildman–Crippen LogP) is 2.11. The molecule has 0 spiro atoms. The van der Waals surface area contributed by atoms with Crippen LogP contribution in [-0.4, -0.2) is 23.2 Å². The molecule has 1 aromatic rings. The van der Waals surface area contributed by atoms with Crippen molar-refractivity contribution >= 4 is 5.91 Å². The van der Waals surface area contributed by atoms with Gasteiger partial charge in [-0.1, -0.05) is 13.8 Å². The van der Waals surface area contributed by atoms with Gasteiger partial charge >= 0.3 is 0 Å². The Hall–Kier alpha value is -1.42. The Morgan fingerprint density at radius 2 is 1.82 bits per heavy atom. The molecule has 0 aliphatic rings. The van der Waals surface area contributed by atoms with Gasteiger partial charge in [0.2, 0.25) is 0 Å². The smallest absolute Gasteiger partial charge is 0.251 e. The number of hydrogen-bond donors (Lipinski definition) is 2. The summed E-state index contributed by atoms with van der Waals surface area (Å²) in [5.41, 5.74) is -0.476. The Kier molecular flexibility index (Phi) is 4.63. The first kappa shape index (κ1) is 13.6. The van der Waals surface area contributed by atoms with E-state index in [1.165, 1.54) is 24.3 Å². The van der Waals surface area contributed by atoms with E-state index in [1.54, 1.807) is 0 Å². The third-order valence-electron chi connectivity index (χ3n) is 3.00. The van der Waals surface area contributed by atoms with Crippen molar-refractivity contribution in [1.29, 1.82) is 0 Å². The van der Waals surface area contributed by atoms with Gasteiger partial charge < -0.3 is 10.4 Å². The highest BCUT2D eigenvalue weighted by Gasteiger charge is 2.22. The molecule has 0 aliphatic carbocycles. The number of nitrogens with one attached hydrogen (secondary N) is 1. The number of amides is 1. The lowest BCUT2D eigenvalue weighted by Gasteiger charge is -2.25. The number of carbonyl (C=O) groups excluding carboxylic acids is 1. The monoisotopic (exact) mass is 239 g/mol. The average Bonchev–Trinajstić information content (AvgIpc) is 2.36. The Bertz CT molecular complexity index is 372. The van der Waals surface area contributed by atoms with E-state index in [0.717, 1.165) is 0 Å². The lowest BCUT2D eigenvalue weighted by atomic mass is 9.97. The van der Waals surface area contributed by atoms with Gasteiger partial charge in [0, 0.05) is 12.1 Å². The van der Waals surface area contributed by atoms with E-state index < -0.39 is 5.60 Å². The average molecular weight is 239 g/mol. The molecule has 0 heterocycles. The molecule has 0 bridgehead atoms. The molecule has 1 amide bonds. The van der Waals surface area contributed by atoms with Crippen LogP contribution in [0.2, 0.25) is 0 Å². The topological polar surface area (TPSA) is 49.3 Å². The molecular weight excluding hydrogens is 221 g/mol. The van der Waals surface area contributed by atoms with Crippen LogP contribution in [0.3, 0.4) is 0 Å². The van der Waals surface area contributed by atoms with Crippen molar-refractivity contribution in [3.8, 4) is 0 Å². The van der Waals surface area contributed by atoms with Gasteiger partial charge in [0.05, 0.1) is 5.60 Å². The highest BCUT2D eigenvalue weighted by atomic mass is 19.1. The largest absolute Gasteiger partial charge is 0.388 e. The molecule has 0 aliphatic heterocycles. The zero-order chi connectivity index (χ0) is 12.9. The van der Waals surface area contributed by atoms with Crippen LogP contribution in [0.4, 0.5) is 4.39 Å². The molecule has 0 atom stereocenters. The van der Waals surface area contributed by atoms with Crippen molar-refractivity contribution < 1.29 is 14.3 Å². The summed E-state index contributed by atoms with van der Waals surface area (Å²) < 4.78 is 12.7. The molecule has 94 valence electrons. The maximum absolute atomic E-state index is 12.7. The fraction of sp³-hybridized carbons (Fsp3) is 0.462. The lowest BCUT2D eigenvalue weighted by Crippen LogP contribution is -2.42. The Morgan fingerprint density at radius 1 is 1.29 bits per heavy atom. The van der Waals surface area contributed by atoms with Crippen molar-refractivity contribution in [2.75, 3.05) is 6.54 Å². The van der Waals surface area contributed by atoms with E-state index in [9.17, 15) is 14.3 Å². The molecule has 0 radical (unpaired) electrons. The number of rotatable bonds is 5. The summed E-state index contributed by atoms with van der Waals surface area (Å²) in [6.45, 7) is 3.94. The standard InChI is InChI=1S/C13H18FNO2/c1-3-13(17,4-2)9-15-12(16)10-5-7-11(14)8-6-10/h5-8,17H,3-4,9H2,1-2H3,(H,15,16). The highest BCUT2D eigenvalue weighted by Crippen LogP contribution is 2.13. The first-order valence-corrected chi connectivity index (χ1v) is 5.77. The van der Waals surface area contributed by atoms with E-state index in [2.05, 4.69) is 5.32 Å². The fourth-order valence-corrected chi connectivity index (χ4v) is 1.45. The van der Waals surface area contributed by atoms with Crippen LogP contribution in [0, 0.1) is 5.82 Å². The van der Waals surface area contributed by atoms with Crippen molar-refractivity contribution in [2.45, 2.75) is 32.3 Å². The lowest BCUT2D eigenvalue weighted by molar-refractivity contribution is 0.0314. The molecular formula is C13H18FNO2. The fourth-order valence-electron chi connectivity index (χ4n) is 1.45. The van der Waals surface area contributed by atoms with Crippen LogP contribution in [0.1, 0.15) is 37.0 Å². The minimum atomic E-state index is -0.865. The Balaban J connectivity index is 2.58. The highest BCUT2D eigenvalue weighted by molar-refractivity contribution is 5.94. The minimum Gasteiger partial charge on any atom is -0.388 e. The molecule has 1 aromatic carbocycles. The van der Waals surface area contributed by atoms with Crippen LogP contribution < -0.4 is 5.32 Å². The van der Waals surface area contributed by atoms with Crippen LogP contribution in [-0.2, 0) is 0 Å². The summed E-state index contributed by atoms with van der Waals surface area (Å²) in [6.07, 6.45) is 1.15. The van der Waals surface area contributed by atoms with Crippen molar-refractivity contribution in [3.05, 3.63) is 35.6 Å². The first-order chi connectivity index (χ1) is 8.00. The maximum Gasteiger partial charge on any atom is 0.251 e. The van der Waals surface area contributed by atoms with E-state index in [-0.39, 0.29) is 18.3 Å². The summed E-state index contributed by atoms with van der Waals surface area (Å²) in [4.78, 5) is 11.7. The second-order valence-corrected chi connectivity index (χ2v) is 4.12. The Labute approximate surface area is 101 Å². The molecule has 1 rings (SSSR count). The second-order valence-electron chi connectivity index (χ2n) is 4.12. The zero-order valence-corrected chi connectivity index (χ0v) is 10.2. The summed E-state index contributed by atoms with van der Waals surface area (Å²) in [5, 5.41) is 12.6. The van der Waals surface area contributed by atoms with Gasteiger partial charge in [-0.25, -0.2) is 4.39 Å². The summed E-state index contributed by atoms with van der Waals surface area (Å²) in [7, 11) is 0. The summed E-state index contributed by atoms with van der Waals surface area (Å²) in [5.74, 6) is -0.675. The van der Waals surface area contributed by atoms with Gasteiger partial charge in [0.1, 0.15) is 5.82 Å². The van der Waals surface area contributed by atoms with Crippen molar-refractivity contribution in [1.82, 2.24) is 5.32 Å². The SMILES string of the molecule is CCC(O)(CC)CNC(=O)c1ccc(F)cc1. The number of halogens is 1. The van der Waals surface area contributed by atoms with Crippen molar-refractivity contribution in [2.24, 2.45) is 0 Å². The molecule has 4 heteroatoms. The zero-order valence-electron chi connectivity index (χ0n) is 10.2. The molecule has 0 saturated heterocycles. The number of benzene rings is 1. The van der Waals surface area contributed by atoms with Crippen molar-refractivity contribution in [3.63, 3.8) is 0 Å². The molecule has 17 heavy (non-hydrogen) atoms. The second kappa shape index (κ2) is 5.77. The van der Waals surface area contributed by atoms with Gasteiger partial charge in [-0.15, -0.1) is 0 Å². The molecule has 0 fully saturated rings. The summed E-state index contributed by atoms with van der Waals surface area (Å²) in [6, 6.07) is 5.31. The third-order valence-corrected chi connectivity index (χ3v) is 3.00. The van der Waals surface area contributed by atoms with E-state index >= 15 is 0 Å². The predicted molar refractivity (Wildman–Crippen MR) is 64.3 cm³/mol. The quantitative estimate of drug-likeness (QED) is 0.826. The van der Waals surface area contributed by atoms with Gasteiger partial charge in [-0.05, 0) is 37.1 Å². The number of aliphatic hydroxyl groups is 1.